The van der Waals surface area contributed by atoms with Gasteiger partial charge in [-0.3, -0.25) is 9.59 Å². The number of carbonyl (C=O) groups excluding carboxylic acids is 2. The van der Waals surface area contributed by atoms with Gasteiger partial charge in [-0.1, -0.05) is 62.9 Å². The Labute approximate surface area is 162 Å². The highest BCUT2D eigenvalue weighted by atomic mass is 16.5. The Hall–Kier alpha value is -1.85. The molecule has 1 aromatic rings. The van der Waals surface area contributed by atoms with Crippen LogP contribution in [0, 0.1) is 12.8 Å². The zero-order valence-corrected chi connectivity index (χ0v) is 16.5. The number of nitrogens with zero attached hydrogens (tertiary/aromatic N) is 2. The SMILES string of the molecule is Cc1cc(C(=O)N2CC(C(=O)NC3CCCCCCCCCCC3)C2)no1. The number of amides is 2. The summed E-state index contributed by atoms with van der Waals surface area (Å²) < 4.78 is 4.96. The second kappa shape index (κ2) is 9.90. The Morgan fingerprint density at radius 2 is 1.56 bits per heavy atom. The number of aromatic nitrogens is 1. The number of hydrogen-bond acceptors (Lipinski definition) is 4. The molecule has 3 rings (SSSR count). The van der Waals surface area contributed by atoms with Gasteiger partial charge in [0.2, 0.25) is 5.91 Å². The summed E-state index contributed by atoms with van der Waals surface area (Å²) in [5.41, 5.74) is 0.325. The first-order valence-electron chi connectivity index (χ1n) is 10.7. The number of carbonyl (C=O) groups is 2. The van der Waals surface area contributed by atoms with Crippen LogP contribution in [0.25, 0.3) is 0 Å². The number of nitrogens with one attached hydrogen (secondary N) is 1. The molecule has 0 spiro atoms. The highest BCUT2D eigenvalue weighted by Gasteiger charge is 2.37. The summed E-state index contributed by atoms with van der Waals surface area (Å²) in [6.07, 6.45) is 13.8. The maximum atomic E-state index is 12.6. The molecular formula is C21H33N3O3. The molecule has 0 aromatic carbocycles. The molecule has 1 saturated heterocycles. The first-order chi connectivity index (χ1) is 13.1. The van der Waals surface area contributed by atoms with Gasteiger partial charge in [0, 0.05) is 25.2 Å². The molecule has 27 heavy (non-hydrogen) atoms. The van der Waals surface area contributed by atoms with Crippen molar-refractivity contribution in [3.05, 3.63) is 17.5 Å². The zero-order chi connectivity index (χ0) is 19.1. The maximum absolute atomic E-state index is 12.6. The zero-order valence-electron chi connectivity index (χ0n) is 16.5. The Bertz CT molecular complexity index is 610. The van der Waals surface area contributed by atoms with Crippen LogP contribution >= 0.6 is 0 Å². The molecule has 1 aliphatic heterocycles. The largest absolute Gasteiger partial charge is 0.361 e. The fourth-order valence-electron chi connectivity index (χ4n) is 4.07. The van der Waals surface area contributed by atoms with Crippen molar-refractivity contribution in [3.8, 4) is 0 Å². The minimum Gasteiger partial charge on any atom is -0.361 e. The lowest BCUT2D eigenvalue weighted by atomic mass is 9.95. The van der Waals surface area contributed by atoms with E-state index in [4.69, 9.17) is 4.52 Å². The first-order valence-corrected chi connectivity index (χ1v) is 10.7. The van der Waals surface area contributed by atoms with E-state index in [1.165, 1.54) is 57.8 Å². The van der Waals surface area contributed by atoms with Crippen molar-refractivity contribution < 1.29 is 14.1 Å². The predicted octanol–water partition coefficient (Wildman–Crippen LogP) is 3.84. The van der Waals surface area contributed by atoms with E-state index in [2.05, 4.69) is 10.5 Å². The van der Waals surface area contributed by atoms with Crippen LogP contribution in [0.5, 0.6) is 0 Å². The molecule has 2 aliphatic rings. The topological polar surface area (TPSA) is 75.4 Å². The van der Waals surface area contributed by atoms with Crippen molar-refractivity contribution in [2.75, 3.05) is 13.1 Å². The fourth-order valence-corrected chi connectivity index (χ4v) is 4.07. The third-order valence-electron chi connectivity index (χ3n) is 5.84. The molecule has 1 N–H and O–H groups in total. The van der Waals surface area contributed by atoms with Crippen LogP contribution in [0.3, 0.4) is 0 Å². The van der Waals surface area contributed by atoms with E-state index >= 15 is 0 Å². The highest BCUT2D eigenvalue weighted by molar-refractivity contribution is 5.94. The van der Waals surface area contributed by atoms with Crippen molar-refractivity contribution in [2.24, 2.45) is 5.92 Å². The Kier molecular flexibility index (Phi) is 7.30. The molecule has 0 bridgehead atoms. The summed E-state index contributed by atoms with van der Waals surface area (Å²) in [5.74, 6) is 0.480. The smallest absolute Gasteiger partial charge is 0.276 e. The van der Waals surface area contributed by atoms with E-state index in [1.807, 2.05) is 0 Å². The first kappa shape index (κ1) is 19.9. The molecule has 0 unspecified atom stereocenters. The fraction of sp³-hybridized carbons (Fsp3) is 0.762. The van der Waals surface area contributed by atoms with Gasteiger partial charge in [-0.2, -0.15) is 0 Å². The lowest BCUT2D eigenvalue weighted by Crippen LogP contribution is -2.57. The predicted molar refractivity (Wildman–Crippen MR) is 103 cm³/mol. The Balaban J connectivity index is 1.43. The lowest BCUT2D eigenvalue weighted by molar-refractivity contribution is -0.129. The molecule has 0 radical (unpaired) electrons. The molecule has 1 aromatic heterocycles. The Morgan fingerprint density at radius 3 is 2.07 bits per heavy atom. The molecule has 2 heterocycles. The van der Waals surface area contributed by atoms with Crippen molar-refractivity contribution in [3.63, 3.8) is 0 Å². The number of aryl methyl sites for hydroxylation is 1. The Morgan fingerprint density at radius 1 is 1.00 bits per heavy atom. The monoisotopic (exact) mass is 375 g/mol. The van der Waals surface area contributed by atoms with Crippen molar-refractivity contribution in [1.29, 1.82) is 0 Å². The van der Waals surface area contributed by atoms with E-state index in [9.17, 15) is 9.59 Å². The average molecular weight is 376 g/mol. The molecule has 2 fully saturated rings. The summed E-state index contributed by atoms with van der Waals surface area (Å²) >= 11 is 0. The van der Waals surface area contributed by atoms with Gasteiger partial charge in [-0.05, 0) is 19.8 Å². The summed E-state index contributed by atoms with van der Waals surface area (Å²) in [6, 6.07) is 1.93. The van der Waals surface area contributed by atoms with Crippen LogP contribution in [0.2, 0.25) is 0 Å². The van der Waals surface area contributed by atoms with E-state index in [0.29, 0.717) is 30.6 Å². The van der Waals surface area contributed by atoms with Gasteiger partial charge in [0.15, 0.2) is 5.69 Å². The average Bonchev–Trinajstić information content (AvgIpc) is 3.02. The molecule has 1 aliphatic carbocycles. The minimum atomic E-state index is -0.151. The summed E-state index contributed by atoms with van der Waals surface area (Å²) in [6.45, 7) is 2.71. The van der Waals surface area contributed by atoms with Gasteiger partial charge in [0.25, 0.3) is 5.91 Å². The van der Waals surface area contributed by atoms with Crippen LogP contribution in [-0.4, -0.2) is 41.0 Å². The quantitative estimate of drug-likeness (QED) is 0.871. The molecule has 2 amide bonds. The van der Waals surface area contributed by atoms with Crippen LogP contribution in [-0.2, 0) is 4.79 Å². The third kappa shape index (κ3) is 5.81. The second-order valence-electron chi connectivity index (χ2n) is 8.19. The van der Waals surface area contributed by atoms with Crippen molar-refractivity contribution >= 4 is 11.8 Å². The van der Waals surface area contributed by atoms with E-state index in [-0.39, 0.29) is 17.7 Å². The third-order valence-corrected chi connectivity index (χ3v) is 5.84. The number of hydrogen-bond donors (Lipinski definition) is 1. The summed E-state index contributed by atoms with van der Waals surface area (Å²) in [4.78, 5) is 26.5. The van der Waals surface area contributed by atoms with Crippen LogP contribution < -0.4 is 5.32 Å². The standard InChI is InChI=1S/C21H33N3O3/c1-16-13-19(23-27-16)21(26)24-14-17(15-24)20(25)22-18-11-9-7-5-3-2-4-6-8-10-12-18/h13,17-18H,2-12,14-15H2,1H3,(H,22,25). The minimum absolute atomic E-state index is 0.0941. The summed E-state index contributed by atoms with van der Waals surface area (Å²) in [5, 5.41) is 7.03. The summed E-state index contributed by atoms with van der Waals surface area (Å²) in [7, 11) is 0. The molecule has 150 valence electrons. The molecule has 0 atom stereocenters. The molecule has 1 saturated carbocycles. The normalized spacial score (nSPS) is 21.0. The van der Waals surface area contributed by atoms with Crippen molar-refractivity contribution in [1.82, 2.24) is 15.4 Å². The highest BCUT2D eigenvalue weighted by Crippen LogP contribution is 2.21. The van der Waals surface area contributed by atoms with E-state index in [0.717, 1.165) is 12.8 Å². The number of likely N-dealkylation sites (tertiary alicyclic amines) is 1. The van der Waals surface area contributed by atoms with Crippen LogP contribution in [0.1, 0.15) is 86.9 Å². The lowest BCUT2D eigenvalue weighted by Gasteiger charge is -2.38. The van der Waals surface area contributed by atoms with Gasteiger partial charge in [0.05, 0.1) is 5.92 Å². The van der Waals surface area contributed by atoms with Gasteiger partial charge in [-0.25, -0.2) is 0 Å². The van der Waals surface area contributed by atoms with E-state index < -0.39 is 0 Å². The second-order valence-corrected chi connectivity index (χ2v) is 8.19. The van der Waals surface area contributed by atoms with Crippen molar-refractivity contribution in [2.45, 2.75) is 83.6 Å². The molecule has 6 nitrogen and oxygen atoms in total. The van der Waals surface area contributed by atoms with Gasteiger partial charge in [-0.15, -0.1) is 0 Å². The molecule has 6 heteroatoms. The van der Waals surface area contributed by atoms with E-state index in [1.54, 1.807) is 17.9 Å². The maximum Gasteiger partial charge on any atom is 0.276 e. The van der Waals surface area contributed by atoms with Gasteiger partial charge >= 0.3 is 0 Å². The van der Waals surface area contributed by atoms with Gasteiger partial charge < -0.3 is 14.7 Å². The van der Waals surface area contributed by atoms with Gasteiger partial charge in [0.1, 0.15) is 5.76 Å². The molecular weight excluding hydrogens is 342 g/mol. The number of rotatable bonds is 3. The van der Waals surface area contributed by atoms with Crippen LogP contribution in [0.4, 0.5) is 0 Å². The van der Waals surface area contributed by atoms with Crippen LogP contribution in [0.15, 0.2) is 10.6 Å².